The van der Waals surface area contributed by atoms with Crippen LogP contribution in [0.5, 0.6) is 0 Å². The molecule has 0 atom stereocenters. The summed E-state index contributed by atoms with van der Waals surface area (Å²) in [6, 6.07) is 115. The average Bonchev–Trinajstić information content (AvgIpc) is 0.819. The van der Waals surface area contributed by atoms with Gasteiger partial charge in [-0.1, -0.05) is 224 Å². The van der Waals surface area contributed by atoms with Crippen molar-refractivity contribution in [2.24, 2.45) is 0 Å². The maximum Gasteiger partial charge on any atom is 0.0972 e. The first-order valence-corrected chi connectivity index (χ1v) is 33.6. The fourth-order valence-electron chi connectivity index (χ4n) is 14.0. The van der Waals surface area contributed by atoms with E-state index in [-0.39, 0.29) is 0 Å². The van der Waals surface area contributed by atoms with Crippen molar-refractivity contribution in [3.63, 3.8) is 0 Å². The lowest BCUT2D eigenvalue weighted by molar-refractivity contribution is 1.36. The Balaban J connectivity index is 0.000000139. The van der Waals surface area contributed by atoms with Crippen molar-refractivity contribution in [1.29, 1.82) is 0 Å². The van der Waals surface area contributed by atoms with Gasteiger partial charge in [0.1, 0.15) is 0 Å². The van der Waals surface area contributed by atoms with Crippen molar-refractivity contribution in [2.75, 3.05) is 0 Å². The van der Waals surface area contributed by atoms with E-state index in [4.69, 9.17) is 29.9 Å². The van der Waals surface area contributed by atoms with E-state index in [0.29, 0.717) is 0 Å². The molecule has 0 aliphatic carbocycles. The minimum atomic E-state index is 0.923. The molecule has 0 fully saturated rings. The van der Waals surface area contributed by atoms with E-state index in [9.17, 15) is 0 Å². The van der Waals surface area contributed by atoms with Crippen LogP contribution in [0.15, 0.2) is 340 Å². The Bertz CT molecular complexity index is 6660. The van der Waals surface area contributed by atoms with Gasteiger partial charge in [0.15, 0.2) is 0 Å². The van der Waals surface area contributed by atoms with Crippen molar-refractivity contribution in [2.45, 2.75) is 0 Å². The minimum Gasteiger partial charge on any atom is -0.254 e. The maximum absolute atomic E-state index is 5.05. The highest BCUT2D eigenvalue weighted by molar-refractivity contribution is 6.05. The van der Waals surface area contributed by atoms with E-state index < -0.39 is 0 Å². The molecule has 100 heavy (non-hydrogen) atoms. The zero-order chi connectivity index (χ0) is 66.0. The van der Waals surface area contributed by atoms with Crippen LogP contribution in [0.4, 0.5) is 0 Å². The number of benzene rings is 12. The molecule has 8 aromatic heterocycles. The molecule has 0 bridgehead atoms. The summed E-state index contributed by atoms with van der Waals surface area (Å²) in [5, 5.41) is 13.7. The lowest BCUT2D eigenvalue weighted by atomic mass is 9.99. The second-order valence-corrected chi connectivity index (χ2v) is 25.5. The van der Waals surface area contributed by atoms with Gasteiger partial charge in [-0.05, 0) is 147 Å². The summed E-state index contributed by atoms with van der Waals surface area (Å²) < 4.78 is 0. The zero-order valence-electron chi connectivity index (χ0n) is 53.9. The summed E-state index contributed by atoms with van der Waals surface area (Å²) in [5.74, 6) is 0. The number of hydrogen-bond acceptors (Lipinski definition) is 8. The Labute approximate surface area is 575 Å². The van der Waals surface area contributed by atoms with Gasteiger partial charge in [0.2, 0.25) is 0 Å². The van der Waals surface area contributed by atoms with Gasteiger partial charge < -0.3 is 0 Å². The first-order chi connectivity index (χ1) is 49.4. The van der Waals surface area contributed by atoms with Crippen LogP contribution in [0.1, 0.15) is 0 Å². The highest BCUT2D eigenvalue weighted by Crippen LogP contribution is 2.36. The smallest absolute Gasteiger partial charge is 0.0972 e. The fraction of sp³-hybridized carbons (Fsp3) is 0. The third-order valence-corrected chi connectivity index (χ3v) is 19.4. The molecular weight excluding hydrogens is 1220 g/mol. The molecule has 0 aliphatic rings. The standard InChI is InChI=1S/2C46H28N4/c1-2-8-38-29(5-1)6-3-9-39(38)44-25-20-37-28-35(18-23-43(37)49-44)34-17-22-42-36(27-34)19-24-40(48-42)30-10-12-31(13-11-30)41-21-16-33-15-14-32-7-4-26-47-45(32)46(33)50-41;1-2-5-34-26-37(14-7-29(34)4-1)44-24-19-39-28-36(17-22-43(39)49-44)35-16-21-42-38(27-35)18-23-40(48-42)30-8-10-31(11-9-30)41-20-15-33-13-12-32-6-3-25-47-45(32)46(33)50-41/h2*1-28H. The topological polar surface area (TPSA) is 103 Å². The quantitative estimate of drug-likeness (QED) is 0.139. The summed E-state index contributed by atoms with van der Waals surface area (Å²) in [4.78, 5) is 39.3. The molecule has 0 radical (unpaired) electrons. The van der Waals surface area contributed by atoms with E-state index in [1.807, 2.05) is 24.5 Å². The second kappa shape index (κ2) is 24.3. The Morgan fingerprint density at radius 1 is 0.160 bits per heavy atom. The highest BCUT2D eigenvalue weighted by atomic mass is 14.8. The van der Waals surface area contributed by atoms with Crippen molar-refractivity contribution in [3.05, 3.63) is 340 Å². The first kappa shape index (κ1) is 57.9. The van der Waals surface area contributed by atoms with Crippen LogP contribution < -0.4 is 0 Å². The molecule has 0 spiro atoms. The molecule has 0 saturated carbocycles. The Kier molecular flexibility index (Phi) is 14.0. The predicted molar refractivity (Wildman–Crippen MR) is 414 cm³/mol. The van der Waals surface area contributed by atoms with Crippen LogP contribution in [0.2, 0.25) is 0 Å². The maximum atomic E-state index is 5.05. The van der Waals surface area contributed by atoms with Gasteiger partial charge in [-0.2, -0.15) is 0 Å². The SMILES string of the molecule is c1ccc2c(-c3ccc4cc(-c5ccc6nc(-c7ccc(-c8ccc9ccc%10cccnc%10c9n8)cc7)ccc6c5)ccc4n3)cccc2c1.c1ccc2cc(-c3ccc4cc(-c5ccc6nc(-c7ccc(-c8ccc9ccc%10cccnc%10c9n8)cc7)ccc6c5)ccc4n3)ccc2c1. The Hall–Kier alpha value is -13.6. The van der Waals surface area contributed by atoms with Crippen LogP contribution >= 0.6 is 0 Å². The van der Waals surface area contributed by atoms with Gasteiger partial charge in [0.25, 0.3) is 0 Å². The number of rotatable bonds is 8. The van der Waals surface area contributed by atoms with Gasteiger partial charge in [-0.15, -0.1) is 0 Å². The van der Waals surface area contributed by atoms with Crippen molar-refractivity contribution in [3.8, 4) is 89.8 Å². The van der Waals surface area contributed by atoms with Crippen molar-refractivity contribution in [1.82, 2.24) is 39.9 Å². The lowest BCUT2D eigenvalue weighted by Crippen LogP contribution is -1.90. The Morgan fingerprint density at radius 3 is 0.920 bits per heavy atom. The number of hydrogen-bond donors (Lipinski definition) is 0. The molecule has 0 saturated heterocycles. The third-order valence-electron chi connectivity index (χ3n) is 19.4. The van der Waals surface area contributed by atoms with Crippen LogP contribution in [0, 0.1) is 0 Å². The van der Waals surface area contributed by atoms with Gasteiger partial charge >= 0.3 is 0 Å². The molecule has 8 heterocycles. The van der Waals surface area contributed by atoms with Crippen LogP contribution in [-0.2, 0) is 0 Å². The second-order valence-electron chi connectivity index (χ2n) is 25.5. The van der Waals surface area contributed by atoms with Crippen LogP contribution in [-0.4, -0.2) is 39.9 Å². The predicted octanol–water partition coefficient (Wildman–Crippen LogP) is 23.4. The number of fused-ring (bicyclic) bond motifs is 12. The lowest BCUT2D eigenvalue weighted by Gasteiger charge is -2.10. The summed E-state index contributed by atoms with van der Waals surface area (Å²) >= 11 is 0. The third kappa shape index (κ3) is 10.8. The molecule has 12 aromatic carbocycles. The minimum absolute atomic E-state index is 0.923. The zero-order valence-corrected chi connectivity index (χ0v) is 53.9. The molecule has 0 amide bonds. The summed E-state index contributed by atoms with van der Waals surface area (Å²) in [7, 11) is 0. The number of pyridine rings is 8. The van der Waals surface area contributed by atoms with Gasteiger partial charge in [-0.25, -0.2) is 29.9 Å². The van der Waals surface area contributed by atoms with Gasteiger partial charge in [0, 0.05) is 88.9 Å². The van der Waals surface area contributed by atoms with Gasteiger partial charge in [-0.3, -0.25) is 9.97 Å². The van der Waals surface area contributed by atoms with E-state index >= 15 is 0 Å². The van der Waals surface area contributed by atoms with Crippen molar-refractivity contribution < 1.29 is 0 Å². The monoisotopic (exact) mass is 1270 g/mol. The number of nitrogens with zero attached hydrogens (tertiary/aromatic N) is 8. The highest BCUT2D eigenvalue weighted by Gasteiger charge is 2.14. The average molecular weight is 1270 g/mol. The molecule has 0 N–H and O–H groups in total. The fourth-order valence-corrected chi connectivity index (χ4v) is 14.0. The normalized spacial score (nSPS) is 11.6. The largest absolute Gasteiger partial charge is 0.254 e. The van der Waals surface area contributed by atoms with E-state index in [0.717, 1.165) is 177 Å². The van der Waals surface area contributed by atoms with E-state index in [1.54, 1.807) is 0 Å². The van der Waals surface area contributed by atoms with Crippen LogP contribution in [0.25, 0.3) is 199 Å². The molecule has 464 valence electrons. The molecule has 0 aliphatic heterocycles. The summed E-state index contributed by atoms with van der Waals surface area (Å²) in [5.41, 5.74) is 24.5. The first-order valence-electron chi connectivity index (χ1n) is 33.6. The van der Waals surface area contributed by atoms with Crippen molar-refractivity contribution >= 4 is 109 Å². The van der Waals surface area contributed by atoms with E-state index in [1.165, 1.54) is 21.5 Å². The Morgan fingerprint density at radius 2 is 0.460 bits per heavy atom. The molecule has 0 unspecified atom stereocenters. The van der Waals surface area contributed by atoms with E-state index in [2.05, 4.69) is 325 Å². The molecule has 8 heteroatoms. The number of aromatic nitrogens is 8. The summed E-state index contributed by atoms with van der Waals surface area (Å²) in [6.07, 6.45) is 3.65. The summed E-state index contributed by atoms with van der Waals surface area (Å²) in [6.45, 7) is 0. The van der Waals surface area contributed by atoms with Gasteiger partial charge in [0.05, 0.1) is 78.3 Å². The molecule has 8 nitrogen and oxygen atoms in total. The molecule has 20 aromatic rings. The molecule has 20 rings (SSSR count). The van der Waals surface area contributed by atoms with Crippen LogP contribution in [0.3, 0.4) is 0 Å². The molecular formula is C92H56N8.